The van der Waals surface area contributed by atoms with E-state index in [4.69, 9.17) is 19.9 Å². The maximum Gasteiger partial charge on any atom is 0.407 e. The Hall–Kier alpha value is -6.25. The number of carbonyl (C=O) groups is 9. The van der Waals surface area contributed by atoms with E-state index in [1.165, 1.54) is 12.2 Å². The van der Waals surface area contributed by atoms with E-state index in [-0.39, 0.29) is 92.5 Å². The van der Waals surface area contributed by atoms with Crippen LogP contribution in [-0.2, 0) is 54.3 Å². The van der Waals surface area contributed by atoms with Crippen LogP contribution in [0.15, 0.2) is 60.2 Å². The number of hydrogen-bond donors (Lipinski definition) is 7. The Morgan fingerprint density at radius 1 is 0.932 bits per heavy atom. The molecule has 8 N–H and O–H groups in total. The van der Waals surface area contributed by atoms with Crippen molar-refractivity contribution in [1.29, 1.82) is 0 Å². The summed E-state index contributed by atoms with van der Waals surface area (Å²) < 4.78 is 18.7. The van der Waals surface area contributed by atoms with E-state index in [1.54, 1.807) is 50.3 Å². The molecule has 8 amide bonds. The fourth-order valence-electron chi connectivity index (χ4n) is 12.6. The first-order valence-corrected chi connectivity index (χ1v) is 26.2. The Balaban J connectivity index is 0.914. The third-order valence-electron chi connectivity index (χ3n) is 16.3. The van der Waals surface area contributed by atoms with Crippen molar-refractivity contribution in [2.75, 3.05) is 25.0 Å². The number of allylic oxidation sites excluding steroid dienone is 4. The van der Waals surface area contributed by atoms with Crippen molar-refractivity contribution in [2.45, 2.75) is 154 Å². The van der Waals surface area contributed by atoms with Crippen LogP contribution >= 0.6 is 0 Å². The highest BCUT2D eigenvalue weighted by molar-refractivity contribution is 6.12. The lowest BCUT2D eigenvalue weighted by atomic mass is 9.46. The highest BCUT2D eigenvalue weighted by Gasteiger charge is 2.76. The number of nitrogens with two attached hydrogens (primary N) is 1. The van der Waals surface area contributed by atoms with Gasteiger partial charge in [0.15, 0.2) is 24.3 Å². The van der Waals surface area contributed by atoms with Gasteiger partial charge < -0.3 is 51.6 Å². The number of urea groups is 1. The number of anilines is 1. The number of nitrogens with zero attached hydrogens (tertiary/aromatic N) is 1. The van der Waals surface area contributed by atoms with Crippen LogP contribution in [0.3, 0.4) is 0 Å². The quantitative estimate of drug-likeness (QED) is 0.0600. The molecule has 2 aliphatic heterocycles. The molecule has 1 saturated heterocycles. The number of imide groups is 1. The summed E-state index contributed by atoms with van der Waals surface area (Å²) in [6.07, 6.45) is 10.5. The zero-order valence-electron chi connectivity index (χ0n) is 43.1. The fraction of sp³-hybridized carbons (Fsp3) is 0.611. The molecule has 0 radical (unpaired) electrons. The number of primary amides is 1. The van der Waals surface area contributed by atoms with Crippen molar-refractivity contribution in [2.24, 2.45) is 40.2 Å². The first kappa shape index (κ1) is 55.5. The van der Waals surface area contributed by atoms with Crippen LogP contribution in [0.2, 0.25) is 0 Å². The third-order valence-corrected chi connectivity index (χ3v) is 16.3. The van der Waals surface area contributed by atoms with Crippen molar-refractivity contribution in [3.8, 4) is 0 Å². The van der Waals surface area contributed by atoms with Gasteiger partial charge >= 0.3 is 12.1 Å². The van der Waals surface area contributed by atoms with Gasteiger partial charge in [-0.25, -0.2) is 9.59 Å². The third kappa shape index (κ3) is 11.8. The van der Waals surface area contributed by atoms with Crippen LogP contribution in [0.1, 0.15) is 117 Å². The molecular formula is C54H73N7O13. The summed E-state index contributed by atoms with van der Waals surface area (Å²) in [7, 11) is 0. The number of amides is 8. The monoisotopic (exact) mass is 1030 g/mol. The number of Topliss-reactive ketones (excluding diaryl/α,β-unsaturated/α-hetero) is 1. The molecule has 3 unspecified atom stereocenters. The second kappa shape index (κ2) is 23.5. The number of alkyl carbamates (subject to hydrolysis) is 1. The van der Waals surface area contributed by atoms with Gasteiger partial charge in [0.2, 0.25) is 23.5 Å². The van der Waals surface area contributed by atoms with Crippen LogP contribution in [0.4, 0.5) is 15.3 Å². The van der Waals surface area contributed by atoms with Gasteiger partial charge in [0.05, 0.1) is 12.2 Å². The molecule has 7 rings (SSSR count). The van der Waals surface area contributed by atoms with E-state index in [9.17, 15) is 48.3 Å². The summed E-state index contributed by atoms with van der Waals surface area (Å²) >= 11 is 0. The largest absolute Gasteiger partial charge is 0.441 e. The summed E-state index contributed by atoms with van der Waals surface area (Å²) in [5.41, 5.74) is 4.50. The Bertz CT molecular complexity index is 2420. The van der Waals surface area contributed by atoms with Gasteiger partial charge in [-0.1, -0.05) is 71.2 Å². The van der Waals surface area contributed by atoms with Crippen LogP contribution in [0.25, 0.3) is 0 Å². The average molecular weight is 1030 g/mol. The van der Waals surface area contributed by atoms with Gasteiger partial charge in [-0.2, -0.15) is 0 Å². The second-order valence-corrected chi connectivity index (χ2v) is 21.4. The summed E-state index contributed by atoms with van der Waals surface area (Å²) in [6.45, 7) is 9.46. The minimum absolute atomic E-state index is 0.0176. The Labute approximate surface area is 431 Å². The number of carbonyl (C=O) groups excluding carboxylic acids is 9. The summed E-state index contributed by atoms with van der Waals surface area (Å²) in [5, 5.41) is 25.5. The number of rotatable bonds is 23. The number of unbranched alkanes of at least 4 members (excludes halogenated alkanes) is 2. The average Bonchev–Trinajstić information content (AvgIpc) is 3.97. The maximum absolute atomic E-state index is 14.6. The molecule has 3 saturated carbocycles. The molecule has 1 aromatic carbocycles. The molecule has 1 aromatic rings. The molecule has 2 heterocycles. The Morgan fingerprint density at radius 3 is 2.35 bits per heavy atom. The summed E-state index contributed by atoms with van der Waals surface area (Å²) in [5.74, 6) is -3.20. The van der Waals surface area contributed by atoms with Crippen molar-refractivity contribution in [3.63, 3.8) is 0 Å². The first-order chi connectivity index (χ1) is 35.2. The van der Waals surface area contributed by atoms with Gasteiger partial charge in [-0.3, -0.25) is 38.5 Å². The summed E-state index contributed by atoms with van der Waals surface area (Å²) in [6, 6.07) is 3.79. The molecular weight excluding hydrogens is 955 g/mol. The zero-order valence-corrected chi connectivity index (χ0v) is 43.1. The minimum atomic E-state index is -1.45. The van der Waals surface area contributed by atoms with Crippen LogP contribution in [0.5, 0.6) is 0 Å². The van der Waals surface area contributed by atoms with Gasteiger partial charge in [0.1, 0.15) is 12.1 Å². The van der Waals surface area contributed by atoms with Crippen LogP contribution < -0.4 is 32.3 Å². The summed E-state index contributed by atoms with van der Waals surface area (Å²) in [4.78, 5) is 116. The molecule has 20 nitrogen and oxygen atoms in total. The lowest BCUT2D eigenvalue weighted by Crippen LogP contribution is -2.63. The number of benzene rings is 1. The van der Waals surface area contributed by atoms with E-state index in [0.717, 1.165) is 23.3 Å². The Kier molecular flexibility index (Phi) is 17.6. The predicted molar refractivity (Wildman–Crippen MR) is 269 cm³/mol. The molecule has 0 bridgehead atoms. The highest BCUT2D eigenvalue weighted by Crippen LogP contribution is 2.69. The van der Waals surface area contributed by atoms with Crippen LogP contribution in [-0.4, -0.2) is 119 Å². The number of aliphatic hydroxyl groups excluding tert-OH is 1. The van der Waals surface area contributed by atoms with Gasteiger partial charge in [-0.15, -0.1) is 0 Å². The first-order valence-electron chi connectivity index (χ1n) is 26.2. The molecule has 11 atom stereocenters. The second-order valence-electron chi connectivity index (χ2n) is 21.4. The highest BCUT2D eigenvalue weighted by atomic mass is 16.7. The number of fused-ring (bicyclic) bond motifs is 7. The Morgan fingerprint density at radius 2 is 1.66 bits per heavy atom. The molecule has 6 aliphatic rings. The normalized spacial score (nSPS) is 29.3. The topological polar surface area (TPSA) is 291 Å². The molecule has 4 aliphatic carbocycles. The number of hydrogen-bond acceptors (Lipinski definition) is 13. The van der Waals surface area contributed by atoms with Gasteiger partial charge in [-0.05, 0) is 105 Å². The van der Waals surface area contributed by atoms with Crippen molar-refractivity contribution in [3.05, 3.63) is 65.8 Å². The number of ether oxygens (including phenoxy) is 3. The smallest absolute Gasteiger partial charge is 0.407 e. The van der Waals surface area contributed by atoms with Gasteiger partial charge in [0.25, 0.3) is 11.8 Å². The molecule has 20 heteroatoms. The minimum Gasteiger partial charge on any atom is -0.441 e. The predicted octanol–water partition coefficient (Wildman–Crippen LogP) is 4.15. The fourth-order valence-corrected chi connectivity index (χ4v) is 12.6. The zero-order chi connectivity index (χ0) is 53.5. The van der Waals surface area contributed by atoms with Crippen molar-refractivity contribution < 1.29 is 62.5 Å². The maximum atomic E-state index is 14.6. The standard InChI is InChI=1S/C54H73N7O13/c1-6-11-45-73-41-27-37-36-19-16-33-26-35(62)22-23-52(33,4)46(36)39(63)28-53(37,5)54(41,74-45)40(64)30-72-51(71)57-29-32-14-17-34(18-15-32)58-48(68)38(12-10-24-56-50(55)70)59-49(69)47(31(2)3)60-42(65)13-8-7-9-25-61-43(66)20-21-44(61)67/h14-15,17-18,20-23,26,31,36-39,41,45-47,63H,6-13,16,19,24-25,27-30H2,1-5H3,(H,57,71)(H,58,68)(H,59,69)(H,60,65)(H3,55,56,70)/t36-,37?,38-,39-,41+,45?,46?,47-,52-,53-,54+/m0/s1. The number of aliphatic hydroxyl groups is 1. The van der Waals surface area contributed by atoms with Crippen molar-refractivity contribution >= 4 is 58.9 Å². The SMILES string of the molecule is CCCC1O[C@@H]2CC3[C@@H]4CCC5=CC(=O)C=C[C@]5(C)C4[C@@H](O)C[C@]3(C)[C@]2(C(=O)COC(=O)NCc2ccc(NC(=O)[C@H](CCCNC(N)=O)NC(=O)[C@@H](NC(=O)CCCCCN3C(=O)C=CC3=O)C(C)C)cc2)O1. The number of nitrogens with one attached hydrogen (secondary N) is 5. The van der Waals surface area contributed by atoms with E-state index >= 15 is 0 Å². The van der Waals surface area contributed by atoms with Crippen LogP contribution in [0, 0.1) is 34.5 Å². The number of ketones is 2. The van der Waals surface area contributed by atoms with E-state index < -0.39 is 83.3 Å². The van der Waals surface area contributed by atoms with Gasteiger partial charge in [0, 0.05) is 60.6 Å². The molecule has 4 fully saturated rings. The van der Waals surface area contributed by atoms with E-state index in [0.29, 0.717) is 49.8 Å². The molecule has 74 heavy (non-hydrogen) atoms. The van der Waals surface area contributed by atoms with E-state index in [1.807, 2.05) is 19.9 Å². The molecule has 0 aromatic heterocycles. The molecule has 0 spiro atoms. The lowest BCUT2D eigenvalue weighted by molar-refractivity contribution is -0.200. The molecule has 402 valence electrons. The van der Waals surface area contributed by atoms with E-state index in [2.05, 4.69) is 33.5 Å². The lowest BCUT2D eigenvalue weighted by Gasteiger charge is -2.59. The van der Waals surface area contributed by atoms with Crippen molar-refractivity contribution in [1.82, 2.24) is 26.2 Å².